The van der Waals surface area contributed by atoms with Crippen LogP contribution in [0.15, 0.2) is 47.9 Å². The van der Waals surface area contributed by atoms with Crippen molar-refractivity contribution in [2.45, 2.75) is 43.5 Å². The van der Waals surface area contributed by atoms with Crippen molar-refractivity contribution in [3.8, 4) is 0 Å². The van der Waals surface area contributed by atoms with E-state index in [2.05, 4.69) is 54.5 Å². The molecule has 3 aromatic rings. The summed E-state index contributed by atoms with van der Waals surface area (Å²) in [5, 5.41) is 1.22. The highest BCUT2D eigenvalue weighted by atomic mass is 32.2. The van der Waals surface area contributed by atoms with Crippen LogP contribution in [0, 0.1) is 6.92 Å². The Morgan fingerprint density at radius 1 is 1.28 bits per heavy atom. The number of aryl methyl sites for hydroxylation is 2. The zero-order valence-electron chi connectivity index (χ0n) is 16.8. The summed E-state index contributed by atoms with van der Waals surface area (Å²) in [5.41, 5.74) is 7.40. The molecule has 0 radical (unpaired) electrons. The van der Waals surface area contributed by atoms with Crippen LogP contribution in [-0.4, -0.2) is 18.0 Å². The monoisotopic (exact) mass is 407 g/mol. The first-order valence-corrected chi connectivity index (χ1v) is 10.6. The number of carbonyl (C=O) groups excluding carboxylic acids is 1. The lowest BCUT2D eigenvalue weighted by molar-refractivity contribution is -0.160. The van der Waals surface area contributed by atoms with Gasteiger partial charge in [0.1, 0.15) is 6.29 Å². The largest absolute Gasteiger partial charge is 0.339 e. The van der Waals surface area contributed by atoms with Gasteiger partial charge < -0.3 is 9.36 Å². The molecule has 1 aromatic heterocycles. The van der Waals surface area contributed by atoms with Crippen LogP contribution in [0.4, 0.5) is 0 Å². The van der Waals surface area contributed by atoms with Crippen molar-refractivity contribution >= 4 is 35.3 Å². The van der Waals surface area contributed by atoms with E-state index in [4.69, 9.17) is 9.22 Å². The van der Waals surface area contributed by atoms with Crippen molar-refractivity contribution in [2.24, 2.45) is 0 Å². The highest BCUT2D eigenvalue weighted by molar-refractivity contribution is 7.94. The Kier molecular flexibility index (Phi) is 5.90. The fraction of sp³-hybridized carbons (Fsp3) is 0.292. The predicted octanol–water partition coefficient (Wildman–Crippen LogP) is 5.84. The van der Waals surface area contributed by atoms with Crippen molar-refractivity contribution < 1.29 is 14.0 Å². The van der Waals surface area contributed by atoms with E-state index in [9.17, 15) is 4.79 Å². The highest BCUT2D eigenvalue weighted by Crippen LogP contribution is 2.44. The van der Waals surface area contributed by atoms with E-state index in [1.54, 1.807) is 0 Å². The quantitative estimate of drug-likeness (QED) is 0.203. The van der Waals surface area contributed by atoms with Gasteiger partial charge in [-0.1, -0.05) is 42.5 Å². The second-order valence-electron chi connectivity index (χ2n) is 7.50. The maximum atomic E-state index is 11.3. The van der Waals surface area contributed by atoms with E-state index >= 15 is 0 Å². The van der Waals surface area contributed by atoms with Gasteiger partial charge in [-0.15, -0.1) is 0 Å². The Morgan fingerprint density at radius 2 is 2.07 bits per heavy atom. The molecule has 0 saturated heterocycles. The van der Waals surface area contributed by atoms with Gasteiger partial charge in [0.25, 0.3) is 0 Å². The summed E-state index contributed by atoms with van der Waals surface area (Å²) in [6.45, 7) is 6.93. The van der Waals surface area contributed by atoms with Crippen LogP contribution in [0.1, 0.15) is 46.7 Å². The van der Waals surface area contributed by atoms with Gasteiger partial charge in [-0.2, -0.15) is 4.33 Å². The third kappa shape index (κ3) is 3.78. The molecule has 0 saturated carbocycles. The molecule has 0 aliphatic heterocycles. The number of carbonyl (C=O) groups is 1. The van der Waals surface area contributed by atoms with Crippen molar-refractivity contribution in [3.63, 3.8) is 0 Å². The predicted molar refractivity (Wildman–Crippen MR) is 118 cm³/mol. The summed E-state index contributed by atoms with van der Waals surface area (Å²) in [4.78, 5) is 17.1. The van der Waals surface area contributed by atoms with Crippen LogP contribution >= 0.6 is 12.0 Å². The maximum Gasteiger partial charge on any atom is 0.120 e. The van der Waals surface area contributed by atoms with E-state index < -0.39 is 0 Å². The number of benzene rings is 2. The molecule has 4 nitrogen and oxygen atoms in total. The van der Waals surface area contributed by atoms with Gasteiger partial charge in [-0.3, -0.25) is 0 Å². The summed E-state index contributed by atoms with van der Waals surface area (Å²) >= 11 is 1.20. The van der Waals surface area contributed by atoms with Gasteiger partial charge in [0, 0.05) is 34.9 Å². The maximum absolute atomic E-state index is 11.3. The van der Waals surface area contributed by atoms with Crippen molar-refractivity contribution in [3.05, 3.63) is 70.9 Å². The van der Waals surface area contributed by atoms with Crippen LogP contribution in [0.2, 0.25) is 0 Å². The zero-order valence-corrected chi connectivity index (χ0v) is 17.6. The van der Waals surface area contributed by atoms with Crippen LogP contribution in [0.25, 0.3) is 17.0 Å². The fourth-order valence-corrected chi connectivity index (χ4v) is 4.92. The molecule has 1 atom stereocenters. The molecular formula is C24H25NO3S. The number of fused-ring (bicyclic) bond motifs is 3. The van der Waals surface area contributed by atoms with Crippen molar-refractivity contribution in [2.75, 3.05) is 7.11 Å². The molecule has 0 N–H and O–H groups in total. The Morgan fingerprint density at radius 3 is 2.76 bits per heavy atom. The summed E-state index contributed by atoms with van der Waals surface area (Å²) in [6.07, 6.45) is 5.52. The Hall–Kier alpha value is -2.34. The second kappa shape index (κ2) is 8.57. The first-order chi connectivity index (χ1) is 14.2. The van der Waals surface area contributed by atoms with Gasteiger partial charge >= 0.3 is 0 Å². The van der Waals surface area contributed by atoms with Crippen LogP contribution in [0.3, 0.4) is 0 Å². The van der Waals surface area contributed by atoms with Crippen LogP contribution in [0.5, 0.6) is 0 Å². The van der Waals surface area contributed by atoms with Gasteiger partial charge in [0.15, 0.2) is 0 Å². The third-order valence-corrected chi connectivity index (χ3v) is 6.33. The van der Waals surface area contributed by atoms with Crippen molar-refractivity contribution in [1.29, 1.82) is 0 Å². The Bertz CT molecular complexity index is 1050. The summed E-state index contributed by atoms with van der Waals surface area (Å²) in [6, 6.07) is 12.9. The van der Waals surface area contributed by atoms with Crippen LogP contribution < -0.4 is 0 Å². The molecule has 0 spiro atoms. The molecule has 1 heterocycles. The third-order valence-electron chi connectivity index (χ3n) is 5.70. The van der Waals surface area contributed by atoms with Gasteiger partial charge in [-0.25, -0.2) is 4.89 Å². The standard InChI is InChI=1S/C24H25NO3S/c1-4-18-13-20(29-28-27-3)14-22-21-10-9-19(11-12-26)24(21)25(23(18)22)15-17-7-5-16(2)6-8-17/h4-8,12-14,19H,1,9-11,15H2,2-3H3. The number of hydrogen-bond acceptors (Lipinski definition) is 4. The first-order valence-electron chi connectivity index (χ1n) is 9.84. The Balaban J connectivity index is 1.91. The fourth-order valence-electron chi connectivity index (χ4n) is 4.43. The number of aromatic nitrogens is 1. The average Bonchev–Trinajstić information content (AvgIpc) is 3.27. The van der Waals surface area contributed by atoms with Gasteiger partial charge in [0.05, 0.1) is 24.7 Å². The molecule has 1 aliphatic carbocycles. The summed E-state index contributed by atoms with van der Waals surface area (Å²) < 4.78 is 7.49. The first kappa shape index (κ1) is 20.0. The lowest BCUT2D eigenvalue weighted by Crippen LogP contribution is -2.08. The highest BCUT2D eigenvalue weighted by Gasteiger charge is 2.30. The summed E-state index contributed by atoms with van der Waals surface area (Å²) in [5.74, 6) is 0.268. The minimum Gasteiger partial charge on any atom is -0.339 e. The molecule has 150 valence electrons. The molecule has 5 heteroatoms. The van der Waals surface area contributed by atoms with E-state index in [0.717, 1.165) is 36.1 Å². The molecule has 4 rings (SSSR count). The minimum absolute atomic E-state index is 0.268. The molecule has 29 heavy (non-hydrogen) atoms. The molecule has 2 aromatic carbocycles. The van der Waals surface area contributed by atoms with E-state index in [1.165, 1.54) is 52.4 Å². The van der Waals surface area contributed by atoms with E-state index in [1.807, 2.05) is 6.08 Å². The number of aldehydes is 1. The number of hydrogen-bond donors (Lipinski definition) is 0. The number of nitrogens with zero attached hydrogens (tertiary/aromatic N) is 1. The average molecular weight is 408 g/mol. The molecular weight excluding hydrogens is 382 g/mol. The molecule has 0 amide bonds. The number of rotatable bonds is 8. The zero-order chi connectivity index (χ0) is 20.4. The van der Waals surface area contributed by atoms with E-state index in [0.29, 0.717) is 6.42 Å². The van der Waals surface area contributed by atoms with Crippen LogP contribution in [-0.2, 0) is 27.0 Å². The van der Waals surface area contributed by atoms with Crippen molar-refractivity contribution in [1.82, 2.24) is 4.57 Å². The lowest BCUT2D eigenvalue weighted by Gasteiger charge is -2.16. The van der Waals surface area contributed by atoms with Gasteiger partial charge in [0.2, 0.25) is 0 Å². The minimum atomic E-state index is 0.268. The molecule has 1 aliphatic rings. The molecule has 0 bridgehead atoms. The molecule has 1 unspecified atom stereocenters. The smallest absolute Gasteiger partial charge is 0.120 e. The normalized spacial score (nSPS) is 15.6. The summed E-state index contributed by atoms with van der Waals surface area (Å²) in [7, 11) is 1.50. The van der Waals surface area contributed by atoms with Gasteiger partial charge in [-0.05, 0) is 48.6 Å². The van der Waals surface area contributed by atoms with E-state index in [-0.39, 0.29) is 5.92 Å². The Labute approximate surface area is 175 Å². The lowest BCUT2D eigenvalue weighted by atomic mass is 10.0. The topological polar surface area (TPSA) is 40.5 Å². The SMILES string of the molecule is C=Cc1cc(SOOC)cc2c3c(n(Cc4ccc(C)cc4)c12)C(CC=O)CC3. The second-order valence-corrected chi connectivity index (χ2v) is 8.28. The molecule has 0 fully saturated rings.